The summed E-state index contributed by atoms with van der Waals surface area (Å²) in [5.74, 6) is -0.0563. The van der Waals surface area contributed by atoms with Crippen molar-refractivity contribution in [2.75, 3.05) is 16.8 Å². The number of pyridine rings is 1. The summed E-state index contributed by atoms with van der Waals surface area (Å²) in [6.45, 7) is 4.85. The van der Waals surface area contributed by atoms with E-state index < -0.39 is 0 Å². The Morgan fingerprint density at radius 2 is 1.92 bits per heavy atom. The summed E-state index contributed by atoms with van der Waals surface area (Å²) in [4.78, 5) is 19.1. The van der Waals surface area contributed by atoms with Gasteiger partial charge in [-0.1, -0.05) is 35.9 Å². The quantitative estimate of drug-likeness (QED) is 0.753. The van der Waals surface area contributed by atoms with E-state index in [0.717, 1.165) is 23.5 Å². The van der Waals surface area contributed by atoms with Crippen molar-refractivity contribution in [2.45, 2.75) is 20.3 Å². The summed E-state index contributed by atoms with van der Waals surface area (Å²) in [6, 6.07) is 18.0. The lowest BCUT2D eigenvalue weighted by Crippen LogP contribution is -2.29. The number of hydrogen-bond donors (Lipinski definition) is 1. The van der Waals surface area contributed by atoms with E-state index in [4.69, 9.17) is 0 Å². The Balaban J connectivity index is 1.59. The Morgan fingerprint density at radius 1 is 1.08 bits per heavy atom. The van der Waals surface area contributed by atoms with Gasteiger partial charge in [0.1, 0.15) is 5.69 Å². The Bertz CT molecular complexity index is 981. The third-order valence-corrected chi connectivity index (χ3v) is 4.77. The van der Waals surface area contributed by atoms with E-state index in [1.807, 2.05) is 35.2 Å². The summed E-state index contributed by atoms with van der Waals surface area (Å²) < 4.78 is 0. The van der Waals surface area contributed by atoms with Gasteiger partial charge in [0, 0.05) is 29.8 Å². The largest absolute Gasteiger partial charge is 0.355 e. The number of nitrogens with zero attached hydrogens (tertiary/aromatic N) is 2. The average molecular weight is 343 g/mol. The first kappa shape index (κ1) is 16.3. The second-order valence-corrected chi connectivity index (χ2v) is 6.71. The van der Waals surface area contributed by atoms with E-state index >= 15 is 0 Å². The van der Waals surface area contributed by atoms with Crippen LogP contribution in [0.3, 0.4) is 0 Å². The molecule has 0 unspecified atom stereocenters. The molecule has 1 aliphatic heterocycles. The van der Waals surface area contributed by atoms with Gasteiger partial charge in [0.2, 0.25) is 0 Å². The molecule has 0 spiro atoms. The molecule has 0 radical (unpaired) electrons. The monoisotopic (exact) mass is 343 g/mol. The molecule has 0 saturated heterocycles. The molecule has 130 valence electrons. The van der Waals surface area contributed by atoms with Gasteiger partial charge in [-0.2, -0.15) is 0 Å². The van der Waals surface area contributed by atoms with Crippen LogP contribution in [-0.2, 0) is 6.42 Å². The lowest BCUT2D eigenvalue weighted by atomic mass is 10.1. The first-order chi connectivity index (χ1) is 12.6. The standard InChI is InChI=1S/C22H21N3O/c1-15-7-8-19(16(2)13-15)24-18-9-11-23-20(14-18)22(26)25-12-10-17-5-3-4-6-21(17)25/h3-9,11,13-14H,10,12H2,1-2H3,(H,23,24). The molecular weight excluding hydrogens is 322 g/mol. The fourth-order valence-electron chi connectivity index (χ4n) is 3.42. The number of aryl methyl sites for hydroxylation is 2. The highest BCUT2D eigenvalue weighted by Gasteiger charge is 2.26. The first-order valence-electron chi connectivity index (χ1n) is 8.82. The van der Waals surface area contributed by atoms with Gasteiger partial charge < -0.3 is 10.2 Å². The summed E-state index contributed by atoms with van der Waals surface area (Å²) in [5, 5.41) is 3.39. The van der Waals surface area contributed by atoms with Crippen LogP contribution in [0.4, 0.5) is 17.1 Å². The molecule has 1 aromatic heterocycles. The maximum Gasteiger partial charge on any atom is 0.276 e. The molecule has 2 aromatic carbocycles. The van der Waals surface area contributed by atoms with Crippen LogP contribution in [0.25, 0.3) is 0 Å². The molecule has 4 heteroatoms. The van der Waals surface area contributed by atoms with E-state index in [1.54, 1.807) is 6.20 Å². The van der Waals surface area contributed by atoms with E-state index in [9.17, 15) is 4.79 Å². The van der Waals surface area contributed by atoms with Crippen molar-refractivity contribution in [3.63, 3.8) is 0 Å². The molecule has 1 amide bonds. The number of anilines is 3. The summed E-state index contributed by atoms with van der Waals surface area (Å²) in [7, 11) is 0. The Hall–Kier alpha value is -3.14. The molecule has 0 fully saturated rings. The van der Waals surface area contributed by atoms with Crippen molar-refractivity contribution >= 4 is 23.0 Å². The van der Waals surface area contributed by atoms with Gasteiger partial charge in [0.25, 0.3) is 5.91 Å². The molecule has 1 N–H and O–H groups in total. The van der Waals surface area contributed by atoms with Crippen LogP contribution in [0.1, 0.15) is 27.2 Å². The smallest absolute Gasteiger partial charge is 0.276 e. The maximum atomic E-state index is 13.0. The molecule has 4 nitrogen and oxygen atoms in total. The van der Waals surface area contributed by atoms with Crippen molar-refractivity contribution in [2.24, 2.45) is 0 Å². The van der Waals surface area contributed by atoms with Crippen LogP contribution < -0.4 is 10.2 Å². The van der Waals surface area contributed by atoms with Crippen molar-refractivity contribution in [3.05, 3.63) is 83.2 Å². The number of hydrogen-bond acceptors (Lipinski definition) is 3. The fourth-order valence-corrected chi connectivity index (χ4v) is 3.42. The van der Waals surface area contributed by atoms with Gasteiger partial charge in [-0.3, -0.25) is 9.78 Å². The molecule has 1 aliphatic rings. The maximum absolute atomic E-state index is 13.0. The highest BCUT2D eigenvalue weighted by Crippen LogP contribution is 2.29. The van der Waals surface area contributed by atoms with Gasteiger partial charge in [-0.25, -0.2) is 0 Å². The SMILES string of the molecule is Cc1ccc(Nc2ccnc(C(=O)N3CCc4ccccc43)c2)c(C)c1. The lowest BCUT2D eigenvalue weighted by molar-refractivity contribution is 0.0984. The molecule has 3 aromatic rings. The highest BCUT2D eigenvalue weighted by molar-refractivity contribution is 6.06. The van der Waals surface area contributed by atoms with Gasteiger partial charge in [0.05, 0.1) is 0 Å². The number of para-hydroxylation sites is 1. The molecule has 0 bridgehead atoms. The van der Waals surface area contributed by atoms with E-state index in [1.165, 1.54) is 16.7 Å². The molecule has 26 heavy (non-hydrogen) atoms. The fraction of sp³-hybridized carbons (Fsp3) is 0.182. The highest BCUT2D eigenvalue weighted by atomic mass is 16.2. The van der Waals surface area contributed by atoms with Crippen molar-refractivity contribution in [1.82, 2.24) is 4.98 Å². The number of carbonyl (C=O) groups excluding carboxylic acids is 1. The van der Waals surface area contributed by atoms with E-state index in [2.05, 4.69) is 48.4 Å². The second-order valence-electron chi connectivity index (χ2n) is 6.71. The van der Waals surface area contributed by atoms with Crippen LogP contribution in [0.2, 0.25) is 0 Å². The van der Waals surface area contributed by atoms with Gasteiger partial charge in [-0.05, 0) is 55.7 Å². The predicted molar refractivity (Wildman–Crippen MR) is 105 cm³/mol. The van der Waals surface area contributed by atoms with Crippen LogP contribution in [0, 0.1) is 13.8 Å². The number of fused-ring (bicyclic) bond motifs is 1. The van der Waals surface area contributed by atoms with Gasteiger partial charge in [0.15, 0.2) is 0 Å². The van der Waals surface area contributed by atoms with E-state index in [0.29, 0.717) is 12.2 Å². The second kappa shape index (κ2) is 6.64. The number of amides is 1. The zero-order chi connectivity index (χ0) is 18.1. The Morgan fingerprint density at radius 3 is 2.77 bits per heavy atom. The normalized spacial score (nSPS) is 12.8. The molecular formula is C22H21N3O. The third-order valence-electron chi connectivity index (χ3n) is 4.77. The van der Waals surface area contributed by atoms with Crippen molar-refractivity contribution in [1.29, 1.82) is 0 Å². The van der Waals surface area contributed by atoms with Crippen molar-refractivity contribution in [3.8, 4) is 0 Å². The summed E-state index contributed by atoms with van der Waals surface area (Å²) in [6.07, 6.45) is 2.57. The van der Waals surface area contributed by atoms with Crippen molar-refractivity contribution < 1.29 is 4.79 Å². The molecule has 4 rings (SSSR count). The summed E-state index contributed by atoms with van der Waals surface area (Å²) >= 11 is 0. The Labute approximate surface area is 153 Å². The Kier molecular flexibility index (Phi) is 4.17. The van der Waals surface area contributed by atoms with Gasteiger partial charge in [-0.15, -0.1) is 0 Å². The minimum atomic E-state index is -0.0563. The van der Waals surface area contributed by atoms with Crippen LogP contribution in [-0.4, -0.2) is 17.4 Å². The summed E-state index contributed by atoms with van der Waals surface area (Å²) in [5.41, 5.74) is 6.96. The topological polar surface area (TPSA) is 45.2 Å². The van der Waals surface area contributed by atoms with Crippen LogP contribution >= 0.6 is 0 Å². The molecule has 0 saturated carbocycles. The third kappa shape index (κ3) is 3.06. The number of nitrogens with one attached hydrogen (secondary N) is 1. The molecule has 2 heterocycles. The number of carbonyl (C=O) groups is 1. The van der Waals surface area contributed by atoms with Gasteiger partial charge >= 0.3 is 0 Å². The minimum absolute atomic E-state index is 0.0563. The average Bonchev–Trinajstić information content (AvgIpc) is 3.08. The molecule has 0 atom stereocenters. The minimum Gasteiger partial charge on any atom is -0.355 e. The number of benzene rings is 2. The number of rotatable bonds is 3. The lowest BCUT2D eigenvalue weighted by Gasteiger charge is -2.17. The zero-order valence-electron chi connectivity index (χ0n) is 15.0. The van der Waals surface area contributed by atoms with Crippen LogP contribution in [0.5, 0.6) is 0 Å². The van der Waals surface area contributed by atoms with Crippen LogP contribution in [0.15, 0.2) is 60.8 Å². The molecule has 0 aliphatic carbocycles. The first-order valence-corrected chi connectivity index (χ1v) is 8.82. The number of aromatic nitrogens is 1. The predicted octanol–water partition coefficient (Wildman–Crippen LogP) is 4.64. The zero-order valence-corrected chi connectivity index (χ0v) is 15.0. The van der Waals surface area contributed by atoms with E-state index in [-0.39, 0.29) is 5.91 Å².